The van der Waals surface area contributed by atoms with E-state index in [1.807, 2.05) is 36.4 Å². The summed E-state index contributed by atoms with van der Waals surface area (Å²) in [6.45, 7) is 4.10. The van der Waals surface area contributed by atoms with Crippen LogP contribution in [0, 0.1) is 9.49 Å². The lowest BCUT2D eigenvalue weighted by Gasteiger charge is -2.07. The first kappa shape index (κ1) is 13.1. The van der Waals surface area contributed by atoms with Gasteiger partial charge in [-0.2, -0.15) is 0 Å². The molecule has 1 amide bonds. The monoisotopic (exact) mass is 335 g/mol. The largest absolute Gasteiger partial charge is 0.369 e. The Morgan fingerprint density at radius 2 is 2.19 bits per heavy atom. The fraction of sp³-hybridized carbons (Fsp3) is 0.500. The van der Waals surface area contributed by atoms with Crippen LogP contribution in [-0.4, -0.2) is 15.9 Å². The smallest absolute Gasteiger partial charge is 0.264 e. The predicted octanol–water partition coefficient (Wildman–Crippen LogP) is 0.601. The van der Waals surface area contributed by atoms with E-state index in [2.05, 4.69) is 9.97 Å². The third-order valence-corrected chi connectivity index (χ3v) is 3.04. The molecule has 0 aliphatic carbocycles. The van der Waals surface area contributed by atoms with Gasteiger partial charge in [-0.1, -0.05) is 13.8 Å². The molecule has 0 aliphatic rings. The number of nitrogens with two attached hydrogens (primary N) is 1. The van der Waals surface area contributed by atoms with Gasteiger partial charge in [-0.15, -0.1) is 0 Å². The summed E-state index contributed by atoms with van der Waals surface area (Å²) in [7, 11) is 0. The number of aromatic nitrogens is 2. The summed E-state index contributed by atoms with van der Waals surface area (Å²) in [5.74, 6) is 0.248. The number of carbonyl (C=O) groups is 1. The van der Waals surface area contributed by atoms with Gasteiger partial charge in [-0.3, -0.25) is 9.59 Å². The molecule has 5 nitrogen and oxygen atoms in total. The molecule has 88 valence electrons. The number of nitrogens with one attached hydrogen (secondary N) is 1. The third-order valence-electron chi connectivity index (χ3n) is 1.92. The van der Waals surface area contributed by atoms with E-state index in [1.165, 1.54) is 0 Å². The zero-order valence-corrected chi connectivity index (χ0v) is 11.4. The molecular formula is C10H14IN3O2. The highest BCUT2D eigenvalue weighted by atomic mass is 127. The normalized spacial score (nSPS) is 10.8. The number of rotatable bonds is 4. The van der Waals surface area contributed by atoms with E-state index in [0.717, 1.165) is 5.69 Å². The first-order chi connectivity index (χ1) is 7.40. The Kier molecular flexibility index (Phi) is 4.45. The number of aromatic amines is 1. The van der Waals surface area contributed by atoms with Crippen molar-refractivity contribution in [3.8, 4) is 0 Å². The molecule has 0 aliphatic heterocycles. The minimum absolute atomic E-state index is 0.0305. The molecule has 0 saturated heterocycles. The van der Waals surface area contributed by atoms with Crippen LogP contribution in [0.25, 0.3) is 0 Å². The van der Waals surface area contributed by atoms with Crippen molar-refractivity contribution in [2.24, 2.45) is 11.7 Å². The van der Waals surface area contributed by atoms with E-state index in [-0.39, 0.29) is 12.0 Å². The van der Waals surface area contributed by atoms with Crippen LogP contribution in [-0.2, 0) is 17.6 Å². The Balaban J connectivity index is 3.11. The number of carbonyl (C=O) groups excluding carboxylic acids is 1. The van der Waals surface area contributed by atoms with Crippen molar-refractivity contribution < 1.29 is 4.79 Å². The molecule has 3 N–H and O–H groups in total. The Bertz CT molecular complexity index is 454. The second-order valence-electron chi connectivity index (χ2n) is 4.01. The maximum absolute atomic E-state index is 11.6. The standard InChI is InChI=1S/C10H14IN3O2/c1-5(2)3-6-9(11)10(16)14-8(13-6)4-7(12)15/h5H,3-4H2,1-2H3,(H2,12,15)(H,13,14,16). The average Bonchev–Trinajstić information content (AvgIpc) is 2.11. The number of amides is 1. The van der Waals surface area contributed by atoms with Gasteiger partial charge in [0, 0.05) is 0 Å². The zero-order valence-electron chi connectivity index (χ0n) is 9.21. The van der Waals surface area contributed by atoms with E-state index >= 15 is 0 Å². The van der Waals surface area contributed by atoms with E-state index < -0.39 is 5.91 Å². The van der Waals surface area contributed by atoms with Crippen LogP contribution >= 0.6 is 22.6 Å². The fourth-order valence-corrected chi connectivity index (χ4v) is 1.80. The second kappa shape index (κ2) is 5.42. The van der Waals surface area contributed by atoms with Crippen LogP contribution in [0.5, 0.6) is 0 Å². The van der Waals surface area contributed by atoms with Gasteiger partial charge in [-0.25, -0.2) is 4.98 Å². The third kappa shape index (κ3) is 3.58. The van der Waals surface area contributed by atoms with E-state index in [4.69, 9.17) is 5.73 Å². The number of primary amides is 1. The highest BCUT2D eigenvalue weighted by molar-refractivity contribution is 14.1. The molecule has 1 rings (SSSR count). The molecule has 0 unspecified atom stereocenters. The van der Waals surface area contributed by atoms with Crippen molar-refractivity contribution >= 4 is 28.5 Å². The SMILES string of the molecule is CC(C)Cc1nc(CC(N)=O)[nH]c(=O)c1I. The van der Waals surface area contributed by atoms with Crippen LogP contribution < -0.4 is 11.3 Å². The first-order valence-electron chi connectivity index (χ1n) is 4.96. The topological polar surface area (TPSA) is 88.8 Å². The van der Waals surface area contributed by atoms with Crippen molar-refractivity contribution in [1.82, 2.24) is 9.97 Å². The number of hydrogen-bond acceptors (Lipinski definition) is 3. The van der Waals surface area contributed by atoms with Gasteiger partial charge >= 0.3 is 0 Å². The summed E-state index contributed by atoms with van der Waals surface area (Å²) < 4.78 is 0.583. The van der Waals surface area contributed by atoms with Crippen molar-refractivity contribution in [1.29, 1.82) is 0 Å². The van der Waals surface area contributed by atoms with Crippen LogP contribution in [0.1, 0.15) is 25.4 Å². The van der Waals surface area contributed by atoms with Gasteiger partial charge < -0.3 is 10.7 Å². The maximum atomic E-state index is 11.6. The van der Waals surface area contributed by atoms with E-state index in [1.54, 1.807) is 0 Å². The summed E-state index contributed by atoms with van der Waals surface area (Å²) >= 11 is 1.97. The van der Waals surface area contributed by atoms with E-state index in [9.17, 15) is 9.59 Å². The van der Waals surface area contributed by atoms with Crippen LogP contribution in [0.4, 0.5) is 0 Å². The lowest BCUT2D eigenvalue weighted by molar-refractivity contribution is -0.117. The lowest BCUT2D eigenvalue weighted by atomic mass is 10.1. The Morgan fingerprint density at radius 3 is 2.69 bits per heavy atom. The average molecular weight is 335 g/mol. The number of hydrogen-bond donors (Lipinski definition) is 2. The molecular weight excluding hydrogens is 321 g/mol. The molecule has 0 fully saturated rings. The van der Waals surface area contributed by atoms with Crippen molar-refractivity contribution in [3.63, 3.8) is 0 Å². The molecule has 0 radical (unpaired) electrons. The molecule has 0 saturated carbocycles. The number of nitrogens with zero attached hydrogens (tertiary/aromatic N) is 1. The van der Waals surface area contributed by atoms with Gasteiger partial charge in [0.05, 0.1) is 15.7 Å². The molecule has 1 heterocycles. The quantitative estimate of drug-likeness (QED) is 0.790. The van der Waals surface area contributed by atoms with Crippen molar-refractivity contribution in [2.45, 2.75) is 26.7 Å². The molecule has 6 heteroatoms. The van der Waals surface area contributed by atoms with Gasteiger partial charge in [0.25, 0.3) is 5.56 Å². The van der Waals surface area contributed by atoms with Crippen LogP contribution in [0.2, 0.25) is 0 Å². The van der Waals surface area contributed by atoms with Gasteiger partial charge in [0.15, 0.2) is 0 Å². The minimum atomic E-state index is -0.500. The molecule has 0 atom stereocenters. The highest BCUT2D eigenvalue weighted by Gasteiger charge is 2.11. The van der Waals surface area contributed by atoms with Gasteiger partial charge in [0.2, 0.25) is 5.91 Å². The van der Waals surface area contributed by atoms with Crippen LogP contribution in [0.3, 0.4) is 0 Å². The summed E-state index contributed by atoms with van der Waals surface area (Å²) in [4.78, 5) is 29.1. The zero-order chi connectivity index (χ0) is 12.3. The number of H-pyrrole nitrogens is 1. The second-order valence-corrected chi connectivity index (χ2v) is 5.09. The fourth-order valence-electron chi connectivity index (χ4n) is 1.33. The molecule has 0 spiro atoms. The summed E-state index contributed by atoms with van der Waals surface area (Å²) in [6.07, 6.45) is 0.686. The molecule has 1 aromatic rings. The van der Waals surface area contributed by atoms with E-state index in [0.29, 0.717) is 21.7 Å². The summed E-state index contributed by atoms with van der Waals surface area (Å²) in [6, 6.07) is 0. The van der Waals surface area contributed by atoms with Crippen molar-refractivity contribution in [2.75, 3.05) is 0 Å². The molecule has 16 heavy (non-hydrogen) atoms. The highest BCUT2D eigenvalue weighted by Crippen LogP contribution is 2.10. The maximum Gasteiger partial charge on any atom is 0.264 e. The lowest BCUT2D eigenvalue weighted by Crippen LogP contribution is -2.23. The Morgan fingerprint density at radius 1 is 1.56 bits per heavy atom. The van der Waals surface area contributed by atoms with Gasteiger partial charge in [-0.05, 0) is 34.9 Å². The van der Waals surface area contributed by atoms with Gasteiger partial charge in [0.1, 0.15) is 5.82 Å². The molecule has 1 aromatic heterocycles. The Hall–Kier alpha value is -0.920. The van der Waals surface area contributed by atoms with Crippen molar-refractivity contribution in [3.05, 3.63) is 25.4 Å². The number of halogens is 1. The summed E-state index contributed by atoms with van der Waals surface area (Å²) in [5.41, 5.74) is 5.59. The predicted molar refractivity (Wildman–Crippen MR) is 69.0 cm³/mol. The Labute approximate surface area is 107 Å². The summed E-state index contributed by atoms with van der Waals surface area (Å²) in [5, 5.41) is 0. The molecule has 0 aromatic carbocycles. The molecule has 0 bridgehead atoms. The first-order valence-corrected chi connectivity index (χ1v) is 6.04. The van der Waals surface area contributed by atoms with Crippen LogP contribution in [0.15, 0.2) is 4.79 Å². The minimum Gasteiger partial charge on any atom is -0.369 e.